The van der Waals surface area contributed by atoms with Gasteiger partial charge in [-0.25, -0.2) is 0 Å². The van der Waals surface area contributed by atoms with Crippen LogP contribution in [0.2, 0.25) is 0 Å². The lowest BCUT2D eigenvalue weighted by Crippen LogP contribution is -2.24. The van der Waals surface area contributed by atoms with E-state index in [0.29, 0.717) is 26.1 Å². The first-order valence-corrected chi connectivity index (χ1v) is 6.62. The molecule has 1 aromatic carbocycles. The number of carbonyl (C=O) groups is 1. The number of likely N-dealkylation sites (tertiary alicyclic amines) is 1. The van der Waals surface area contributed by atoms with Gasteiger partial charge in [0.25, 0.3) is 0 Å². The van der Waals surface area contributed by atoms with Crippen molar-refractivity contribution in [2.45, 2.75) is 26.5 Å². The number of terminal acetylenes is 1. The van der Waals surface area contributed by atoms with Gasteiger partial charge in [0.15, 0.2) is 0 Å². The van der Waals surface area contributed by atoms with Gasteiger partial charge in [0.05, 0.1) is 6.61 Å². The Morgan fingerprint density at radius 2 is 2.05 bits per heavy atom. The van der Waals surface area contributed by atoms with Crippen molar-refractivity contribution >= 4 is 5.91 Å². The molecule has 0 N–H and O–H groups in total. The van der Waals surface area contributed by atoms with Gasteiger partial charge in [-0.15, -0.1) is 12.3 Å². The highest BCUT2D eigenvalue weighted by molar-refractivity contribution is 5.79. The monoisotopic (exact) mass is 257 g/mol. The van der Waals surface area contributed by atoms with Gasteiger partial charge in [0.2, 0.25) is 5.91 Å². The lowest BCUT2D eigenvalue weighted by Gasteiger charge is -2.16. The lowest BCUT2D eigenvalue weighted by molar-refractivity contribution is -0.128. The number of ether oxygens (including phenoxy) is 1. The second kappa shape index (κ2) is 6.40. The molecule has 19 heavy (non-hydrogen) atoms. The molecule has 0 bridgehead atoms. The number of carbonyl (C=O) groups excluding carboxylic acids is 1. The SMILES string of the molecule is C#CC1CC(=O)N(Cc2ccc(COCC)cc2)C1. The fourth-order valence-electron chi connectivity index (χ4n) is 2.22. The van der Waals surface area contributed by atoms with Crippen LogP contribution in [0.3, 0.4) is 0 Å². The highest BCUT2D eigenvalue weighted by Crippen LogP contribution is 2.19. The molecule has 3 nitrogen and oxygen atoms in total. The molecule has 1 aromatic rings. The normalized spacial score (nSPS) is 18.6. The summed E-state index contributed by atoms with van der Waals surface area (Å²) < 4.78 is 5.35. The molecule has 1 unspecified atom stereocenters. The van der Waals surface area contributed by atoms with Crippen LogP contribution in [0.15, 0.2) is 24.3 Å². The lowest BCUT2D eigenvalue weighted by atomic mass is 10.1. The summed E-state index contributed by atoms with van der Waals surface area (Å²) in [6.45, 7) is 4.66. The van der Waals surface area contributed by atoms with Crippen molar-refractivity contribution in [2.75, 3.05) is 13.2 Å². The Bertz CT molecular complexity index is 473. The van der Waals surface area contributed by atoms with Crippen molar-refractivity contribution in [1.29, 1.82) is 0 Å². The summed E-state index contributed by atoms with van der Waals surface area (Å²) in [6, 6.07) is 8.18. The fraction of sp³-hybridized carbons (Fsp3) is 0.438. The van der Waals surface area contributed by atoms with Gasteiger partial charge in [-0.05, 0) is 18.1 Å². The van der Waals surface area contributed by atoms with E-state index < -0.39 is 0 Å². The summed E-state index contributed by atoms with van der Waals surface area (Å²) in [7, 11) is 0. The summed E-state index contributed by atoms with van der Waals surface area (Å²) in [6.07, 6.45) is 5.86. The standard InChI is InChI=1S/C16H19NO2/c1-3-13-9-16(18)17(10-13)11-14-5-7-15(8-6-14)12-19-4-2/h1,5-8,13H,4,9-12H2,2H3. The number of hydrogen-bond acceptors (Lipinski definition) is 2. The van der Waals surface area contributed by atoms with Crippen molar-refractivity contribution in [2.24, 2.45) is 5.92 Å². The number of benzene rings is 1. The number of nitrogens with zero attached hydrogens (tertiary/aromatic N) is 1. The van der Waals surface area contributed by atoms with Gasteiger partial charge < -0.3 is 9.64 Å². The molecule has 0 radical (unpaired) electrons. The molecule has 0 aromatic heterocycles. The largest absolute Gasteiger partial charge is 0.377 e. The Hall–Kier alpha value is -1.79. The average molecular weight is 257 g/mol. The quantitative estimate of drug-likeness (QED) is 0.757. The maximum absolute atomic E-state index is 11.8. The molecule has 1 fully saturated rings. The predicted octanol–water partition coefficient (Wildman–Crippen LogP) is 2.20. The molecule has 0 aliphatic carbocycles. The van der Waals surface area contributed by atoms with E-state index in [1.165, 1.54) is 0 Å². The molecule has 0 saturated carbocycles. The number of hydrogen-bond donors (Lipinski definition) is 0. The van der Waals surface area contributed by atoms with E-state index in [2.05, 4.69) is 5.92 Å². The van der Waals surface area contributed by atoms with Crippen molar-refractivity contribution in [3.05, 3.63) is 35.4 Å². The van der Waals surface area contributed by atoms with Crippen LogP contribution in [0, 0.1) is 18.3 Å². The van der Waals surface area contributed by atoms with E-state index in [0.717, 1.165) is 17.7 Å². The molecule has 0 spiro atoms. The van der Waals surface area contributed by atoms with E-state index in [1.807, 2.05) is 36.1 Å². The van der Waals surface area contributed by atoms with Crippen LogP contribution in [0.5, 0.6) is 0 Å². The summed E-state index contributed by atoms with van der Waals surface area (Å²) in [4.78, 5) is 13.6. The second-order valence-corrected chi connectivity index (χ2v) is 4.80. The maximum atomic E-state index is 11.8. The number of rotatable bonds is 5. The fourth-order valence-corrected chi connectivity index (χ4v) is 2.22. The van der Waals surface area contributed by atoms with Gasteiger partial charge in [-0.3, -0.25) is 4.79 Å². The second-order valence-electron chi connectivity index (χ2n) is 4.80. The van der Waals surface area contributed by atoms with Gasteiger partial charge >= 0.3 is 0 Å². The summed E-state index contributed by atoms with van der Waals surface area (Å²) >= 11 is 0. The molecule has 3 heteroatoms. The average Bonchev–Trinajstić information content (AvgIpc) is 2.79. The first-order chi connectivity index (χ1) is 9.22. The molecule has 100 valence electrons. The Morgan fingerprint density at radius 3 is 2.63 bits per heavy atom. The summed E-state index contributed by atoms with van der Waals surface area (Å²) in [5.74, 6) is 2.89. The minimum absolute atomic E-state index is 0.0738. The Morgan fingerprint density at radius 1 is 1.37 bits per heavy atom. The minimum Gasteiger partial charge on any atom is -0.377 e. The molecule has 2 rings (SSSR count). The maximum Gasteiger partial charge on any atom is 0.224 e. The first kappa shape index (κ1) is 13.6. The first-order valence-electron chi connectivity index (χ1n) is 6.62. The van der Waals surface area contributed by atoms with Gasteiger partial charge in [0.1, 0.15) is 0 Å². The molecule has 1 aliphatic heterocycles. The summed E-state index contributed by atoms with van der Waals surface area (Å²) in [5, 5.41) is 0. The van der Waals surface area contributed by atoms with Crippen LogP contribution >= 0.6 is 0 Å². The van der Waals surface area contributed by atoms with Crippen LogP contribution in [0.25, 0.3) is 0 Å². The predicted molar refractivity (Wildman–Crippen MR) is 74.1 cm³/mol. The van der Waals surface area contributed by atoms with Crippen molar-refractivity contribution in [3.8, 4) is 12.3 Å². The van der Waals surface area contributed by atoms with Crippen LogP contribution in [-0.4, -0.2) is 24.0 Å². The van der Waals surface area contributed by atoms with Crippen molar-refractivity contribution < 1.29 is 9.53 Å². The third kappa shape index (κ3) is 3.59. The van der Waals surface area contributed by atoms with Crippen LogP contribution in [0.4, 0.5) is 0 Å². The smallest absolute Gasteiger partial charge is 0.224 e. The third-order valence-electron chi connectivity index (χ3n) is 3.32. The van der Waals surface area contributed by atoms with E-state index in [-0.39, 0.29) is 11.8 Å². The molecule has 1 heterocycles. The van der Waals surface area contributed by atoms with Crippen LogP contribution in [-0.2, 0) is 22.7 Å². The van der Waals surface area contributed by atoms with Crippen molar-refractivity contribution in [3.63, 3.8) is 0 Å². The summed E-state index contributed by atoms with van der Waals surface area (Å²) in [5.41, 5.74) is 2.28. The van der Waals surface area contributed by atoms with Crippen molar-refractivity contribution in [1.82, 2.24) is 4.90 Å². The Kier molecular flexibility index (Phi) is 4.59. The molecular formula is C16H19NO2. The zero-order chi connectivity index (χ0) is 13.7. The number of amides is 1. The topological polar surface area (TPSA) is 29.5 Å². The van der Waals surface area contributed by atoms with E-state index in [1.54, 1.807) is 0 Å². The zero-order valence-corrected chi connectivity index (χ0v) is 11.3. The highest BCUT2D eigenvalue weighted by atomic mass is 16.5. The molecule has 1 saturated heterocycles. The highest BCUT2D eigenvalue weighted by Gasteiger charge is 2.27. The van der Waals surface area contributed by atoms with Gasteiger partial charge in [0, 0.05) is 32.0 Å². The zero-order valence-electron chi connectivity index (χ0n) is 11.3. The van der Waals surface area contributed by atoms with Crippen LogP contribution < -0.4 is 0 Å². The van der Waals surface area contributed by atoms with Gasteiger partial charge in [-0.2, -0.15) is 0 Å². The molecule has 1 aliphatic rings. The Balaban J connectivity index is 1.93. The molecule has 1 amide bonds. The van der Waals surface area contributed by atoms with Crippen LogP contribution in [0.1, 0.15) is 24.5 Å². The van der Waals surface area contributed by atoms with E-state index >= 15 is 0 Å². The van der Waals surface area contributed by atoms with E-state index in [4.69, 9.17) is 11.2 Å². The van der Waals surface area contributed by atoms with Gasteiger partial charge in [-0.1, -0.05) is 24.3 Å². The molecular weight excluding hydrogens is 238 g/mol. The third-order valence-corrected chi connectivity index (χ3v) is 3.32. The minimum atomic E-state index is 0.0738. The molecule has 1 atom stereocenters. The van der Waals surface area contributed by atoms with E-state index in [9.17, 15) is 4.79 Å². The Labute approximate surface area is 114 Å².